The molecule has 0 aromatic heterocycles. The molecule has 0 radical (unpaired) electrons. The third-order valence-electron chi connectivity index (χ3n) is 7.09. The Morgan fingerprint density at radius 3 is 1.12 bits per heavy atom. The van der Waals surface area contributed by atoms with Gasteiger partial charge in [0.1, 0.15) is 16.5 Å². The zero-order valence-electron chi connectivity index (χ0n) is 23.7. The lowest BCUT2D eigenvalue weighted by molar-refractivity contribution is 0.0648. The second-order valence-corrected chi connectivity index (χ2v) is 26.0. The maximum atomic E-state index is 7.30. The zero-order chi connectivity index (χ0) is 24.9. The minimum atomic E-state index is -2.85. The average molecular weight is 517 g/mol. The molecule has 0 amide bonds. The van der Waals surface area contributed by atoms with Crippen LogP contribution in [0.25, 0.3) is 0 Å². The second kappa shape index (κ2) is 12.6. The molecule has 0 atom stereocenters. The van der Waals surface area contributed by atoms with Gasteiger partial charge < -0.3 is 18.7 Å². The van der Waals surface area contributed by atoms with E-state index in [0.717, 1.165) is 26.3 Å². The molecule has 0 heterocycles. The van der Waals surface area contributed by atoms with Crippen LogP contribution in [-0.4, -0.2) is 110 Å². The predicted octanol–water partition coefficient (Wildman–Crippen LogP) is 4.74. The maximum absolute atomic E-state index is 7.30. The topological polar surface area (TPSA) is 31.4 Å². The molecule has 0 saturated heterocycles. The Bertz CT molecular complexity index is 519. The van der Waals surface area contributed by atoms with Crippen LogP contribution in [0.5, 0.6) is 0 Å². The van der Waals surface area contributed by atoms with Gasteiger partial charge in [-0.15, -0.1) is 0 Å². The molecular formula is C24H56N4O2Si3. The van der Waals surface area contributed by atoms with Crippen LogP contribution in [0.15, 0.2) is 0 Å². The molecule has 0 aliphatic heterocycles. The first-order valence-corrected chi connectivity index (χ1v) is 22.1. The molecule has 2 aliphatic carbocycles. The van der Waals surface area contributed by atoms with Crippen molar-refractivity contribution in [2.45, 2.75) is 103 Å². The van der Waals surface area contributed by atoms with E-state index in [9.17, 15) is 0 Å². The van der Waals surface area contributed by atoms with Gasteiger partial charge in [-0.3, -0.25) is 8.46 Å². The number of hydrogen-bond donors (Lipinski definition) is 0. The van der Waals surface area contributed by atoms with E-state index in [2.05, 4.69) is 85.7 Å². The van der Waals surface area contributed by atoms with Crippen LogP contribution in [0, 0.1) is 0 Å². The normalized spacial score (nSPS) is 19.8. The fourth-order valence-electron chi connectivity index (χ4n) is 5.89. The van der Waals surface area contributed by atoms with Crippen molar-refractivity contribution in [1.29, 1.82) is 0 Å². The standard InChI is InChI=1S/C24H56N4O2Si3/c1-25(2)19-21-29-33(30-22-20-26(3)4,27(31(5,6)7)23-15-11-12-16-23)28(32(8,9)10)24-17-13-14-18-24/h23-24H,11-22H2,1-10H3. The van der Waals surface area contributed by atoms with Gasteiger partial charge in [-0.1, -0.05) is 65.0 Å². The number of nitrogens with zero attached hydrogens (tertiary/aromatic N) is 4. The van der Waals surface area contributed by atoms with E-state index in [-0.39, 0.29) is 0 Å². The van der Waals surface area contributed by atoms with Crippen molar-refractivity contribution in [3.8, 4) is 0 Å². The molecule has 0 unspecified atom stereocenters. The predicted molar refractivity (Wildman–Crippen MR) is 150 cm³/mol. The highest BCUT2D eigenvalue weighted by Gasteiger charge is 2.62. The van der Waals surface area contributed by atoms with E-state index >= 15 is 0 Å². The van der Waals surface area contributed by atoms with Crippen LogP contribution in [0.4, 0.5) is 0 Å². The van der Waals surface area contributed by atoms with Crippen LogP contribution in [-0.2, 0) is 8.85 Å². The van der Waals surface area contributed by atoms with Crippen LogP contribution in [0.1, 0.15) is 51.4 Å². The molecule has 33 heavy (non-hydrogen) atoms. The van der Waals surface area contributed by atoms with Crippen molar-refractivity contribution in [1.82, 2.24) is 18.3 Å². The fourth-order valence-corrected chi connectivity index (χ4v) is 20.1. The van der Waals surface area contributed by atoms with Crippen molar-refractivity contribution in [2.75, 3.05) is 54.5 Å². The van der Waals surface area contributed by atoms with Crippen molar-refractivity contribution < 1.29 is 8.85 Å². The maximum Gasteiger partial charge on any atom is 0.509 e. The molecule has 0 aromatic rings. The van der Waals surface area contributed by atoms with Crippen molar-refractivity contribution in [3.05, 3.63) is 0 Å². The van der Waals surface area contributed by atoms with Gasteiger partial charge in [0.25, 0.3) is 0 Å². The molecule has 2 aliphatic rings. The summed E-state index contributed by atoms with van der Waals surface area (Å²) in [5.74, 6) is 0. The van der Waals surface area contributed by atoms with Gasteiger partial charge in [-0.05, 0) is 53.9 Å². The van der Waals surface area contributed by atoms with E-state index in [1.165, 1.54) is 51.4 Å². The average Bonchev–Trinajstić information content (AvgIpc) is 3.33. The lowest BCUT2D eigenvalue weighted by atomic mass is 10.3. The van der Waals surface area contributed by atoms with Gasteiger partial charge in [-0.2, -0.15) is 0 Å². The van der Waals surface area contributed by atoms with Crippen LogP contribution < -0.4 is 0 Å². The highest BCUT2D eigenvalue weighted by atomic mass is 28.5. The third-order valence-corrected chi connectivity index (χ3v) is 19.5. The summed E-state index contributed by atoms with van der Waals surface area (Å²) >= 11 is 0. The smallest absolute Gasteiger partial charge is 0.370 e. The summed E-state index contributed by atoms with van der Waals surface area (Å²) in [5, 5.41) is 0. The summed E-state index contributed by atoms with van der Waals surface area (Å²) in [6.45, 7) is 18.6. The van der Waals surface area contributed by atoms with Gasteiger partial charge in [0.15, 0.2) is 0 Å². The Balaban J connectivity index is 2.64. The van der Waals surface area contributed by atoms with Gasteiger partial charge in [0.2, 0.25) is 0 Å². The Morgan fingerprint density at radius 2 is 0.879 bits per heavy atom. The van der Waals surface area contributed by atoms with Crippen LogP contribution in [0.3, 0.4) is 0 Å². The van der Waals surface area contributed by atoms with Crippen molar-refractivity contribution in [2.24, 2.45) is 0 Å². The van der Waals surface area contributed by atoms with E-state index in [0.29, 0.717) is 12.1 Å². The summed E-state index contributed by atoms with van der Waals surface area (Å²) in [4.78, 5) is 4.50. The molecular weight excluding hydrogens is 461 g/mol. The van der Waals surface area contributed by atoms with E-state index in [1.807, 2.05) is 0 Å². The monoisotopic (exact) mass is 516 g/mol. The molecule has 0 aromatic carbocycles. The van der Waals surface area contributed by atoms with Crippen LogP contribution >= 0.6 is 0 Å². The number of rotatable bonds is 14. The zero-order valence-corrected chi connectivity index (χ0v) is 26.7. The Morgan fingerprint density at radius 1 is 0.576 bits per heavy atom. The Kier molecular flexibility index (Phi) is 11.3. The number of hydrogen-bond acceptors (Lipinski definition) is 6. The number of likely N-dealkylation sites (N-methyl/N-ethyl adjacent to an activating group) is 2. The largest absolute Gasteiger partial charge is 0.509 e. The SMILES string of the molecule is CN(C)CCO[Si](OCCN(C)C)(N(C1CCCC1)[Si](C)(C)C)N(C1CCCC1)[Si](C)(C)C. The lowest BCUT2D eigenvalue weighted by Gasteiger charge is -2.58. The molecule has 2 saturated carbocycles. The van der Waals surface area contributed by atoms with Gasteiger partial charge in [0, 0.05) is 25.2 Å². The first-order chi connectivity index (χ1) is 15.3. The molecule has 0 N–H and O–H groups in total. The molecule has 196 valence electrons. The molecule has 9 heteroatoms. The summed E-state index contributed by atoms with van der Waals surface area (Å²) in [5.41, 5.74) is 0. The van der Waals surface area contributed by atoms with Gasteiger partial charge >= 0.3 is 8.88 Å². The van der Waals surface area contributed by atoms with Crippen LogP contribution in [0.2, 0.25) is 39.3 Å². The Hall–Kier alpha value is 0.411. The minimum Gasteiger partial charge on any atom is -0.370 e. The fraction of sp³-hybridized carbons (Fsp3) is 1.00. The quantitative estimate of drug-likeness (QED) is 0.310. The Labute approximate surface area is 209 Å². The summed E-state index contributed by atoms with van der Waals surface area (Å²) in [7, 11) is 2.29. The highest BCUT2D eigenvalue weighted by Crippen LogP contribution is 2.40. The van der Waals surface area contributed by atoms with Gasteiger partial charge in [-0.25, -0.2) is 0 Å². The van der Waals surface area contributed by atoms with Crippen molar-refractivity contribution in [3.63, 3.8) is 0 Å². The third kappa shape index (κ3) is 8.21. The molecule has 6 nitrogen and oxygen atoms in total. The summed E-state index contributed by atoms with van der Waals surface area (Å²) in [6.07, 6.45) is 10.6. The molecule has 2 fully saturated rings. The molecule has 0 spiro atoms. The van der Waals surface area contributed by atoms with Gasteiger partial charge in [0.05, 0.1) is 13.2 Å². The first-order valence-electron chi connectivity index (χ1n) is 13.5. The van der Waals surface area contributed by atoms with E-state index < -0.39 is 25.4 Å². The first kappa shape index (κ1) is 29.6. The summed E-state index contributed by atoms with van der Waals surface area (Å²) < 4.78 is 20.5. The second-order valence-electron chi connectivity index (χ2n) is 12.8. The summed E-state index contributed by atoms with van der Waals surface area (Å²) in [6, 6.07) is 1.23. The lowest BCUT2D eigenvalue weighted by Crippen LogP contribution is -2.82. The highest BCUT2D eigenvalue weighted by molar-refractivity contribution is 6.91. The van der Waals surface area contributed by atoms with E-state index in [4.69, 9.17) is 8.85 Å². The van der Waals surface area contributed by atoms with Crippen molar-refractivity contribution >= 4 is 25.4 Å². The minimum absolute atomic E-state index is 0.613. The van der Waals surface area contributed by atoms with E-state index in [1.54, 1.807) is 0 Å². The molecule has 2 rings (SSSR count). The molecule has 0 bridgehead atoms.